The van der Waals surface area contributed by atoms with Gasteiger partial charge in [-0.15, -0.1) is 0 Å². The predicted molar refractivity (Wildman–Crippen MR) is 72.3 cm³/mol. The Balaban J connectivity index is 3.19. The summed E-state index contributed by atoms with van der Waals surface area (Å²) in [7, 11) is 0. The van der Waals surface area contributed by atoms with Crippen LogP contribution in [0.3, 0.4) is 0 Å². The second kappa shape index (κ2) is 11.6. The van der Waals surface area contributed by atoms with Gasteiger partial charge in [-0.25, -0.2) is 4.79 Å². The predicted octanol–water partition coefficient (Wildman–Crippen LogP) is 3.36. The highest BCUT2D eigenvalue weighted by atomic mass is 16.4. The lowest BCUT2D eigenvalue weighted by Gasteiger charge is -2.03. The molecule has 17 heavy (non-hydrogen) atoms. The number of unbranched alkanes of at least 4 members (excludes halogenated alkanes) is 5. The Labute approximate surface area is 105 Å². The smallest absolute Gasteiger partial charge is 0.330 e. The van der Waals surface area contributed by atoms with Crippen molar-refractivity contribution in [2.24, 2.45) is 0 Å². The lowest BCUT2D eigenvalue weighted by molar-refractivity contribution is -0.132. The molecule has 0 atom stereocenters. The molecular weight excluding hydrogens is 214 g/mol. The van der Waals surface area contributed by atoms with E-state index in [9.17, 15) is 4.79 Å². The van der Waals surface area contributed by atoms with E-state index in [2.05, 4.69) is 12.2 Å². The Morgan fingerprint density at radius 1 is 1.12 bits per heavy atom. The van der Waals surface area contributed by atoms with Gasteiger partial charge in [-0.05, 0) is 32.9 Å². The van der Waals surface area contributed by atoms with Gasteiger partial charge in [0.05, 0.1) is 0 Å². The summed E-state index contributed by atoms with van der Waals surface area (Å²) in [5, 5.41) is 12.0. The monoisotopic (exact) mass is 241 g/mol. The highest BCUT2D eigenvalue weighted by Crippen LogP contribution is 2.04. The van der Waals surface area contributed by atoms with Gasteiger partial charge in [-0.1, -0.05) is 45.1 Å². The molecule has 0 heterocycles. The summed E-state index contributed by atoms with van der Waals surface area (Å²) in [5.41, 5.74) is 0.436. The van der Waals surface area contributed by atoms with E-state index in [1.165, 1.54) is 38.5 Å². The van der Waals surface area contributed by atoms with Gasteiger partial charge in [0.15, 0.2) is 0 Å². The van der Waals surface area contributed by atoms with E-state index in [-0.39, 0.29) is 0 Å². The summed E-state index contributed by atoms with van der Waals surface area (Å²) in [5.74, 6) is -0.819. The fourth-order valence-corrected chi connectivity index (χ4v) is 1.63. The van der Waals surface area contributed by atoms with E-state index >= 15 is 0 Å². The molecule has 0 bridgehead atoms. The fourth-order valence-electron chi connectivity index (χ4n) is 1.63. The van der Waals surface area contributed by atoms with Crippen molar-refractivity contribution in [3.63, 3.8) is 0 Å². The number of hydrogen-bond acceptors (Lipinski definition) is 2. The third-order valence-corrected chi connectivity index (χ3v) is 2.82. The largest absolute Gasteiger partial charge is 0.478 e. The van der Waals surface area contributed by atoms with Crippen molar-refractivity contribution < 1.29 is 9.90 Å². The van der Waals surface area contributed by atoms with Crippen LogP contribution in [0.2, 0.25) is 0 Å². The molecule has 0 aliphatic carbocycles. The Kier molecular flexibility index (Phi) is 11.1. The minimum absolute atomic E-state index is 0.436. The van der Waals surface area contributed by atoms with E-state index in [1.807, 2.05) is 0 Å². The molecule has 0 rings (SSSR count). The zero-order valence-electron chi connectivity index (χ0n) is 11.3. The third-order valence-electron chi connectivity index (χ3n) is 2.82. The van der Waals surface area contributed by atoms with E-state index in [1.54, 1.807) is 13.0 Å². The summed E-state index contributed by atoms with van der Waals surface area (Å²) in [4.78, 5) is 10.5. The number of carbonyl (C=O) groups is 1. The first-order chi connectivity index (χ1) is 8.18. The zero-order chi connectivity index (χ0) is 12.9. The SMILES string of the molecule is CCCCCCCCNCCC=C(C)C(=O)O. The molecule has 0 aliphatic rings. The molecule has 2 N–H and O–H groups in total. The standard InChI is InChI=1S/C14H27NO2/c1-3-4-5-6-7-8-11-15-12-9-10-13(2)14(16)17/h10,15H,3-9,11-12H2,1-2H3,(H,16,17). The quantitative estimate of drug-likeness (QED) is 0.431. The number of rotatable bonds is 11. The van der Waals surface area contributed by atoms with Crippen LogP contribution in [-0.2, 0) is 4.79 Å². The fraction of sp³-hybridized carbons (Fsp3) is 0.786. The van der Waals surface area contributed by atoms with E-state index in [0.717, 1.165) is 19.5 Å². The molecule has 100 valence electrons. The lowest BCUT2D eigenvalue weighted by atomic mass is 10.1. The van der Waals surface area contributed by atoms with Crippen molar-refractivity contribution in [1.82, 2.24) is 5.32 Å². The number of nitrogens with one attached hydrogen (secondary N) is 1. The zero-order valence-corrected chi connectivity index (χ0v) is 11.3. The van der Waals surface area contributed by atoms with Gasteiger partial charge in [0, 0.05) is 5.57 Å². The minimum atomic E-state index is -0.819. The van der Waals surface area contributed by atoms with Crippen LogP contribution in [0.15, 0.2) is 11.6 Å². The van der Waals surface area contributed by atoms with E-state index in [0.29, 0.717) is 5.57 Å². The Hall–Kier alpha value is -0.830. The second-order valence-electron chi connectivity index (χ2n) is 4.50. The second-order valence-corrected chi connectivity index (χ2v) is 4.50. The maximum absolute atomic E-state index is 10.5. The molecule has 0 saturated carbocycles. The van der Waals surface area contributed by atoms with Crippen molar-refractivity contribution in [3.8, 4) is 0 Å². The van der Waals surface area contributed by atoms with Crippen molar-refractivity contribution in [2.45, 2.75) is 58.8 Å². The van der Waals surface area contributed by atoms with Crippen molar-refractivity contribution in [1.29, 1.82) is 0 Å². The van der Waals surface area contributed by atoms with Crippen LogP contribution < -0.4 is 5.32 Å². The Morgan fingerprint density at radius 3 is 2.41 bits per heavy atom. The molecule has 0 radical (unpaired) electrons. The van der Waals surface area contributed by atoms with Crippen molar-refractivity contribution >= 4 is 5.97 Å². The Bertz CT molecular complexity index is 224. The Morgan fingerprint density at radius 2 is 1.76 bits per heavy atom. The molecule has 3 nitrogen and oxygen atoms in total. The van der Waals surface area contributed by atoms with Gasteiger partial charge < -0.3 is 10.4 Å². The van der Waals surface area contributed by atoms with Gasteiger partial charge in [0.2, 0.25) is 0 Å². The van der Waals surface area contributed by atoms with Crippen LogP contribution in [-0.4, -0.2) is 24.2 Å². The van der Waals surface area contributed by atoms with Gasteiger partial charge in [-0.3, -0.25) is 0 Å². The molecule has 3 heteroatoms. The number of aliphatic carboxylic acids is 1. The summed E-state index contributed by atoms with van der Waals surface area (Å²) in [6.07, 6.45) is 10.5. The van der Waals surface area contributed by atoms with Gasteiger partial charge >= 0.3 is 5.97 Å². The highest BCUT2D eigenvalue weighted by Gasteiger charge is 1.97. The lowest BCUT2D eigenvalue weighted by Crippen LogP contribution is -2.16. The number of carboxylic acids is 1. The highest BCUT2D eigenvalue weighted by molar-refractivity contribution is 5.85. The molecule has 0 aromatic heterocycles. The molecule has 0 amide bonds. The molecule has 0 saturated heterocycles. The molecule has 0 aliphatic heterocycles. The average Bonchev–Trinajstić information content (AvgIpc) is 2.31. The molecule has 0 aromatic carbocycles. The van der Waals surface area contributed by atoms with Crippen molar-refractivity contribution in [2.75, 3.05) is 13.1 Å². The normalized spacial score (nSPS) is 11.8. The van der Waals surface area contributed by atoms with Crippen LogP contribution in [0.25, 0.3) is 0 Å². The maximum Gasteiger partial charge on any atom is 0.330 e. The van der Waals surface area contributed by atoms with Gasteiger partial charge in [0.1, 0.15) is 0 Å². The summed E-state index contributed by atoms with van der Waals surface area (Å²) in [6.45, 7) is 5.79. The number of carboxylic acid groups (broad SMARTS) is 1. The topological polar surface area (TPSA) is 49.3 Å². The van der Waals surface area contributed by atoms with Crippen LogP contribution >= 0.6 is 0 Å². The van der Waals surface area contributed by atoms with Crippen LogP contribution in [0, 0.1) is 0 Å². The van der Waals surface area contributed by atoms with E-state index in [4.69, 9.17) is 5.11 Å². The molecule has 0 aromatic rings. The average molecular weight is 241 g/mol. The van der Waals surface area contributed by atoms with Crippen LogP contribution in [0.5, 0.6) is 0 Å². The molecule has 0 fully saturated rings. The van der Waals surface area contributed by atoms with Gasteiger partial charge in [-0.2, -0.15) is 0 Å². The maximum atomic E-state index is 10.5. The summed E-state index contributed by atoms with van der Waals surface area (Å²) >= 11 is 0. The summed E-state index contributed by atoms with van der Waals surface area (Å²) in [6, 6.07) is 0. The number of hydrogen-bond donors (Lipinski definition) is 2. The molecule has 0 spiro atoms. The summed E-state index contributed by atoms with van der Waals surface area (Å²) < 4.78 is 0. The third kappa shape index (κ3) is 11.4. The molecule has 0 unspecified atom stereocenters. The first-order valence-corrected chi connectivity index (χ1v) is 6.79. The first kappa shape index (κ1) is 16.2. The van der Waals surface area contributed by atoms with Crippen molar-refractivity contribution in [3.05, 3.63) is 11.6 Å². The first-order valence-electron chi connectivity index (χ1n) is 6.79. The molecular formula is C14H27NO2. The van der Waals surface area contributed by atoms with Gasteiger partial charge in [0.25, 0.3) is 0 Å². The van der Waals surface area contributed by atoms with Crippen LogP contribution in [0.4, 0.5) is 0 Å². The van der Waals surface area contributed by atoms with E-state index < -0.39 is 5.97 Å². The van der Waals surface area contributed by atoms with Crippen LogP contribution in [0.1, 0.15) is 58.8 Å². The minimum Gasteiger partial charge on any atom is -0.478 e.